The number of hydroxylamine groups is 2. The average Bonchev–Trinajstić information content (AvgIpc) is 2.44. The SMILES string of the molecule is N=CCN(CCCC[C@H](N)C(=O)O)Oc1ccccc1. The van der Waals surface area contributed by atoms with E-state index in [-0.39, 0.29) is 0 Å². The first kappa shape index (κ1) is 16.1. The highest BCUT2D eigenvalue weighted by molar-refractivity contribution is 5.72. The van der Waals surface area contributed by atoms with Gasteiger partial charge in [-0.25, -0.2) is 0 Å². The van der Waals surface area contributed by atoms with Crippen LogP contribution in [0.5, 0.6) is 5.75 Å². The number of carboxylic acid groups (broad SMARTS) is 1. The van der Waals surface area contributed by atoms with Crippen molar-refractivity contribution >= 4 is 12.2 Å². The van der Waals surface area contributed by atoms with Crippen molar-refractivity contribution in [2.45, 2.75) is 25.3 Å². The number of para-hydroxylation sites is 1. The molecule has 1 aromatic carbocycles. The van der Waals surface area contributed by atoms with Gasteiger partial charge in [-0.3, -0.25) is 4.79 Å². The van der Waals surface area contributed by atoms with E-state index < -0.39 is 12.0 Å². The van der Waals surface area contributed by atoms with Crippen molar-refractivity contribution in [1.29, 1.82) is 5.41 Å². The van der Waals surface area contributed by atoms with Crippen LogP contribution in [0.2, 0.25) is 0 Å². The van der Waals surface area contributed by atoms with Gasteiger partial charge in [-0.15, -0.1) is 5.06 Å². The fourth-order valence-corrected chi connectivity index (χ4v) is 1.68. The van der Waals surface area contributed by atoms with E-state index in [2.05, 4.69) is 0 Å². The summed E-state index contributed by atoms with van der Waals surface area (Å²) in [6, 6.07) is 8.55. The minimum Gasteiger partial charge on any atom is -0.480 e. The van der Waals surface area contributed by atoms with Crippen molar-refractivity contribution in [3.63, 3.8) is 0 Å². The molecule has 0 saturated carbocycles. The van der Waals surface area contributed by atoms with E-state index in [1.807, 2.05) is 30.3 Å². The second kappa shape index (κ2) is 9.06. The molecule has 1 aromatic rings. The second-order valence-electron chi connectivity index (χ2n) is 4.44. The van der Waals surface area contributed by atoms with Crippen molar-refractivity contribution in [3.8, 4) is 5.75 Å². The molecule has 6 nitrogen and oxygen atoms in total. The van der Waals surface area contributed by atoms with Gasteiger partial charge in [0.05, 0.1) is 6.54 Å². The summed E-state index contributed by atoms with van der Waals surface area (Å²) in [5.41, 5.74) is 5.44. The first-order valence-corrected chi connectivity index (χ1v) is 6.58. The third kappa shape index (κ3) is 6.31. The molecule has 0 saturated heterocycles. The Morgan fingerprint density at radius 3 is 2.70 bits per heavy atom. The molecule has 0 aromatic heterocycles. The molecule has 0 bridgehead atoms. The van der Waals surface area contributed by atoms with Crippen LogP contribution in [-0.2, 0) is 4.79 Å². The summed E-state index contributed by atoms with van der Waals surface area (Å²) in [4.78, 5) is 16.2. The summed E-state index contributed by atoms with van der Waals surface area (Å²) < 4.78 is 0. The molecule has 6 heteroatoms. The molecule has 0 amide bonds. The van der Waals surface area contributed by atoms with E-state index >= 15 is 0 Å². The van der Waals surface area contributed by atoms with E-state index in [4.69, 9.17) is 21.1 Å². The van der Waals surface area contributed by atoms with Gasteiger partial charge in [0.1, 0.15) is 11.8 Å². The average molecular weight is 279 g/mol. The van der Waals surface area contributed by atoms with Gasteiger partial charge in [-0.1, -0.05) is 18.2 Å². The first-order chi connectivity index (χ1) is 9.63. The van der Waals surface area contributed by atoms with E-state index in [9.17, 15) is 4.79 Å². The van der Waals surface area contributed by atoms with Crippen LogP contribution in [-0.4, -0.2) is 41.5 Å². The molecule has 0 spiro atoms. The van der Waals surface area contributed by atoms with Crippen LogP contribution in [0.3, 0.4) is 0 Å². The smallest absolute Gasteiger partial charge is 0.320 e. The van der Waals surface area contributed by atoms with Gasteiger partial charge in [0, 0.05) is 12.8 Å². The lowest BCUT2D eigenvalue weighted by atomic mass is 10.1. The fourth-order valence-electron chi connectivity index (χ4n) is 1.68. The van der Waals surface area contributed by atoms with Crippen molar-refractivity contribution in [2.24, 2.45) is 5.73 Å². The van der Waals surface area contributed by atoms with Gasteiger partial charge in [0.15, 0.2) is 0 Å². The number of hydrogen-bond acceptors (Lipinski definition) is 5. The molecule has 0 heterocycles. The quantitative estimate of drug-likeness (QED) is 0.342. The van der Waals surface area contributed by atoms with Crippen LogP contribution < -0.4 is 10.6 Å². The van der Waals surface area contributed by atoms with Gasteiger partial charge in [-0.2, -0.15) is 0 Å². The molecular formula is C14H21N3O3. The molecule has 0 unspecified atom stereocenters. The number of benzene rings is 1. The van der Waals surface area contributed by atoms with Gasteiger partial charge in [0.2, 0.25) is 0 Å². The largest absolute Gasteiger partial charge is 0.480 e. The molecular weight excluding hydrogens is 258 g/mol. The number of unbranched alkanes of at least 4 members (excludes halogenated alkanes) is 1. The van der Waals surface area contributed by atoms with Crippen LogP contribution in [0.15, 0.2) is 30.3 Å². The summed E-state index contributed by atoms with van der Waals surface area (Å²) in [5, 5.41) is 17.5. The topological polar surface area (TPSA) is 99.6 Å². The molecule has 0 aliphatic rings. The number of carbonyl (C=O) groups is 1. The second-order valence-corrected chi connectivity index (χ2v) is 4.44. The lowest BCUT2D eigenvalue weighted by Gasteiger charge is -2.20. The summed E-state index contributed by atoms with van der Waals surface area (Å²) in [6.45, 7) is 1.01. The minimum atomic E-state index is -0.970. The van der Waals surface area contributed by atoms with Crippen LogP contribution in [0.4, 0.5) is 0 Å². The summed E-state index contributed by atoms with van der Waals surface area (Å²) in [7, 11) is 0. The Morgan fingerprint density at radius 2 is 2.10 bits per heavy atom. The van der Waals surface area contributed by atoms with Crippen LogP contribution >= 0.6 is 0 Å². The fraction of sp³-hybridized carbons (Fsp3) is 0.429. The summed E-state index contributed by atoms with van der Waals surface area (Å²) in [6.07, 6.45) is 3.19. The number of aliphatic carboxylic acids is 1. The highest BCUT2D eigenvalue weighted by Crippen LogP contribution is 2.11. The van der Waals surface area contributed by atoms with Crippen molar-refractivity contribution in [1.82, 2.24) is 5.06 Å². The number of carboxylic acids is 1. The maximum Gasteiger partial charge on any atom is 0.320 e. The maximum atomic E-state index is 10.6. The Labute approximate surface area is 118 Å². The number of hydrogen-bond donors (Lipinski definition) is 3. The highest BCUT2D eigenvalue weighted by atomic mass is 16.7. The Bertz CT molecular complexity index is 411. The lowest BCUT2D eigenvalue weighted by Crippen LogP contribution is -2.32. The minimum absolute atomic E-state index is 0.389. The van der Waals surface area contributed by atoms with Gasteiger partial charge >= 0.3 is 5.97 Å². The standard InChI is InChI=1S/C14H21N3O3/c15-9-11-17(20-12-6-2-1-3-7-12)10-5-4-8-13(16)14(18)19/h1-3,6-7,9,13,15H,4-5,8,10-11,16H2,(H,18,19)/t13-/m0/s1. The molecule has 0 aliphatic carbocycles. The third-order valence-corrected chi connectivity index (χ3v) is 2.76. The van der Waals surface area contributed by atoms with Crippen molar-refractivity contribution in [2.75, 3.05) is 13.1 Å². The highest BCUT2D eigenvalue weighted by Gasteiger charge is 2.11. The number of nitrogens with zero attached hydrogens (tertiary/aromatic N) is 1. The van der Waals surface area contributed by atoms with Crippen LogP contribution in [0, 0.1) is 5.41 Å². The van der Waals surface area contributed by atoms with E-state index in [0.717, 1.165) is 12.2 Å². The lowest BCUT2D eigenvalue weighted by molar-refractivity contribution is -0.138. The van der Waals surface area contributed by atoms with Gasteiger partial charge in [0.25, 0.3) is 0 Å². The Kier molecular flexibility index (Phi) is 7.31. The zero-order chi connectivity index (χ0) is 14.8. The zero-order valence-electron chi connectivity index (χ0n) is 11.4. The monoisotopic (exact) mass is 279 g/mol. The van der Waals surface area contributed by atoms with Gasteiger partial charge in [-0.05, 0) is 31.4 Å². The first-order valence-electron chi connectivity index (χ1n) is 6.58. The van der Waals surface area contributed by atoms with Crippen molar-refractivity contribution < 1.29 is 14.7 Å². The number of nitrogens with one attached hydrogen (secondary N) is 1. The third-order valence-electron chi connectivity index (χ3n) is 2.76. The predicted octanol–water partition coefficient (Wildman–Crippen LogP) is 1.51. The van der Waals surface area contributed by atoms with E-state index in [0.29, 0.717) is 25.9 Å². The van der Waals surface area contributed by atoms with Crippen LogP contribution in [0.1, 0.15) is 19.3 Å². The number of rotatable bonds is 10. The van der Waals surface area contributed by atoms with E-state index in [1.54, 1.807) is 5.06 Å². The molecule has 0 radical (unpaired) electrons. The molecule has 4 N–H and O–H groups in total. The molecule has 0 fully saturated rings. The normalized spacial score (nSPS) is 12.1. The molecule has 1 rings (SSSR count). The summed E-state index contributed by atoms with van der Waals surface area (Å²) >= 11 is 0. The maximum absolute atomic E-state index is 10.6. The van der Waals surface area contributed by atoms with E-state index in [1.165, 1.54) is 6.21 Å². The van der Waals surface area contributed by atoms with Crippen LogP contribution in [0.25, 0.3) is 0 Å². The van der Waals surface area contributed by atoms with Crippen molar-refractivity contribution in [3.05, 3.63) is 30.3 Å². The van der Waals surface area contributed by atoms with Gasteiger partial charge < -0.3 is 21.1 Å². The molecule has 110 valence electrons. The molecule has 0 aliphatic heterocycles. The predicted molar refractivity (Wildman–Crippen MR) is 76.9 cm³/mol. The number of nitrogens with two attached hydrogens (primary N) is 1. The Hall–Kier alpha value is -1.92. The summed E-state index contributed by atoms with van der Waals surface area (Å²) in [5.74, 6) is -0.251. The Balaban J connectivity index is 2.32. The molecule has 1 atom stereocenters. The molecule has 20 heavy (non-hydrogen) atoms. The Morgan fingerprint density at radius 1 is 1.40 bits per heavy atom. The zero-order valence-corrected chi connectivity index (χ0v) is 11.4.